The highest BCUT2D eigenvalue weighted by atomic mass is 35.5. The molecule has 1 fully saturated rings. The molecular weight excluding hydrogens is 205 g/mol. The predicted molar refractivity (Wildman–Crippen MR) is 53.0 cm³/mol. The second kappa shape index (κ2) is 3.82. The minimum atomic E-state index is -0.285. The van der Waals surface area contributed by atoms with E-state index in [9.17, 15) is 4.39 Å². The molecule has 1 aromatic carbocycles. The van der Waals surface area contributed by atoms with E-state index in [1.165, 1.54) is 12.1 Å². The molecular formula is C9H11ClFN3. The van der Waals surface area contributed by atoms with Crippen LogP contribution in [0.25, 0.3) is 0 Å². The zero-order chi connectivity index (χ0) is 10.1. The Bertz CT molecular complexity index is 316. The number of halogens is 2. The second-order valence-corrected chi connectivity index (χ2v) is 3.79. The van der Waals surface area contributed by atoms with Crippen LogP contribution < -0.4 is 16.6 Å². The van der Waals surface area contributed by atoms with E-state index in [1.54, 1.807) is 12.1 Å². The van der Waals surface area contributed by atoms with E-state index < -0.39 is 0 Å². The number of alkyl halides is 1. The van der Waals surface area contributed by atoms with Crippen molar-refractivity contribution in [1.29, 1.82) is 0 Å². The summed E-state index contributed by atoms with van der Waals surface area (Å²) in [4.78, 5) is 0. The molecule has 4 N–H and O–H groups in total. The zero-order valence-corrected chi connectivity index (χ0v) is 8.13. The first-order valence-electron chi connectivity index (χ1n) is 4.34. The Kier molecular flexibility index (Phi) is 2.69. The van der Waals surface area contributed by atoms with Crippen molar-refractivity contribution in [3.8, 4) is 0 Å². The van der Waals surface area contributed by atoms with Crippen molar-refractivity contribution in [1.82, 2.24) is 10.9 Å². The van der Waals surface area contributed by atoms with Gasteiger partial charge in [0.2, 0.25) is 0 Å². The highest BCUT2D eigenvalue weighted by Gasteiger charge is 2.32. The molecule has 1 aliphatic rings. The summed E-state index contributed by atoms with van der Waals surface area (Å²) >= 11 is 6.06. The molecule has 2 rings (SSSR count). The summed E-state index contributed by atoms with van der Waals surface area (Å²) in [6, 6.07) is 6.13. The quantitative estimate of drug-likeness (QED) is 0.610. The predicted octanol–water partition coefficient (Wildman–Crippen LogP) is 0.867. The Morgan fingerprint density at radius 2 is 1.86 bits per heavy atom. The highest BCUT2D eigenvalue weighted by molar-refractivity contribution is 6.21. The lowest BCUT2D eigenvalue weighted by molar-refractivity contribution is 0.551. The molecule has 1 aromatic rings. The third-order valence-corrected chi connectivity index (χ3v) is 2.82. The average Bonchev–Trinajstić information content (AvgIpc) is 2.50. The highest BCUT2D eigenvalue weighted by Crippen LogP contribution is 2.25. The van der Waals surface area contributed by atoms with Crippen molar-refractivity contribution in [2.24, 2.45) is 5.73 Å². The maximum absolute atomic E-state index is 12.7. The molecule has 1 heterocycles. The molecule has 0 spiro atoms. The van der Waals surface area contributed by atoms with Gasteiger partial charge in [0.05, 0.1) is 17.6 Å². The smallest absolute Gasteiger partial charge is 0.123 e. The normalized spacial score (nSPS) is 32.1. The van der Waals surface area contributed by atoms with Crippen molar-refractivity contribution >= 4 is 11.6 Å². The lowest BCUT2D eigenvalue weighted by Crippen LogP contribution is -2.39. The Labute approximate surface area is 86.4 Å². The Balaban J connectivity index is 2.19. The van der Waals surface area contributed by atoms with Gasteiger partial charge in [-0.1, -0.05) is 12.1 Å². The van der Waals surface area contributed by atoms with Crippen LogP contribution in [0.5, 0.6) is 0 Å². The van der Waals surface area contributed by atoms with Crippen LogP contribution in [-0.2, 0) is 0 Å². The van der Waals surface area contributed by atoms with Gasteiger partial charge in [0.25, 0.3) is 0 Å². The van der Waals surface area contributed by atoms with Gasteiger partial charge in [0.15, 0.2) is 0 Å². The Morgan fingerprint density at radius 3 is 2.36 bits per heavy atom. The molecule has 0 bridgehead atoms. The summed E-state index contributed by atoms with van der Waals surface area (Å²) in [7, 11) is 0. The van der Waals surface area contributed by atoms with E-state index in [-0.39, 0.29) is 23.4 Å². The van der Waals surface area contributed by atoms with Crippen molar-refractivity contribution in [3.63, 3.8) is 0 Å². The molecule has 3 nitrogen and oxygen atoms in total. The van der Waals surface area contributed by atoms with Crippen molar-refractivity contribution < 1.29 is 4.39 Å². The minimum Gasteiger partial charge on any atom is -0.314 e. The van der Waals surface area contributed by atoms with Gasteiger partial charge in [0.1, 0.15) is 5.82 Å². The fourth-order valence-corrected chi connectivity index (χ4v) is 1.76. The molecule has 0 saturated carbocycles. The average molecular weight is 216 g/mol. The Morgan fingerprint density at radius 1 is 1.21 bits per heavy atom. The lowest BCUT2D eigenvalue weighted by atomic mass is 10.0. The number of benzene rings is 1. The van der Waals surface area contributed by atoms with Crippen molar-refractivity contribution in [2.45, 2.75) is 17.6 Å². The number of hydrazine groups is 1. The van der Waals surface area contributed by atoms with Gasteiger partial charge in [-0.15, -0.1) is 11.6 Å². The van der Waals surface area contributed by atoms with Crippen LogP contribution in [0.1, 0.15) is 11.6 Å². The number of nitrogens with two attached hydrogens (primary N) is 1. The fraction of sp³-hybridized carbons (Fsp3) is 0.333. The first-order chi connectivity index (χ1) is 6.68. The second-order valence-electron chi connectivity index (χ2n) is 3.29. The minimum absolute atomic E-state index is 0.0766. The van der Waals surface area contributed by atoms with Gasteiger partial charge >= 0.3 is 0 Å². The molecule has 0 radical (unpaired) electrons. The van der Waals surface area contributed by atoms with Gasteiger partial charge in [-0.2, -0.15) is 0 Å². The van der Waals surface area contributed by atoms with Gasteiger partial charge in [-0.3, -0.25) is 0 Å². The third kappa shape index (κ3) is 1.74. The summed E-state index contributed by atoms with van der Waals surface area (Å²) in [5.41, 5.74) is 12.4. The standard InChI is InChI=1S/C9H11ClFN3/c10-7-8(13-14-9(7)12)5-1-3-6(11)4-2-5/h1-4,7-9,13-14H,12H2. The maximum Gasteiger partial charge on any atom is 0.123 e. The number of hydrogen-bond donors (Lipinski definition) is 3. The van der Waals surface area contributed by atoms with E-state index in [4.69, 9.17) is 17.3 Å². The van der Waals surface area contributed by atoms with Gasteiger partial charge in [-0.25, -0.2) is 15.2 Å². The first kappa shape index (κ1) is 9.86. The van der Waals surface area contributed by atoms with Crippen LogP contribution in [0.2, 0.25) is 0 Å². The number of rotatable bonds is 1. The molecule has 76 valence electrons. The first-order valence-corrected chi connectivity index (χ1v) is 4.78. The van der Waals surface area contributed by atoms with Crippen LogP contribution >= 0.6 is 11.6 Å². The zero-order valence-electron chi connectivity index (χ0n) is 7.37. The third-order valence-electron chi connectivity index (χ3n) is 2.30. The van der Waals surface area contributed by atoms with Crippen molar-refractivity contribution in [2.75, 3.05) is 0 Å². The molecule has 5 heteroatoms. The molecule has 14 heavy (non-hydrogen) atoms. The Hall–Kier alpha value is -0.680. The molecule has 0 amide bonds. The van der Waals surface area contributed by atoms with Gasteiger partial charge < -0.3 is 5.73 Å². The van der Waals surface area contributed by atoms with Gasteiger partial charge in [0, 0.05) is 0 Å². The molecule has 3 atom stereocenters. The van der Waals surface area contributed by atoms with E-state index in [0.717, 1.165) is 5.56 Å². The summed E-state index contributed by atoms with van der Waals surface area (Å²) in [6.45, 7) is 0. The van der Waals surface area contributed by atoms with Crippen LogP contribution in [0.3, 0.4) is 0 Å². The van der Waals surface area contributed by atoms with E-state index in [2.05, 4.69) is 10.9 Å². The lowest BCUT2D eigenvalue weighted by Gasteiger charge is -2.14. The summed E-state index contributed by atoms with van der Waals surface area (Å²) in [6.07, 6.45) is -0.285. The largest absolute Gasteiger partial charge is 0.314 e. The molecule has 3 unspecified atom stereocenters. The molecule has 1 saturated heterocycles. The van der Waals surface area contributed by atoms with E-state index >= 15 is 0 Å². The molecule has 0 aliphatic carbocycles. The monoisotopic (exact) mass is 215 g/mol. The van der Waals surface area contributed by atoms with Gasteiger partial charge in [-0.05, 0) is 17.7 Å². The van der Waals surface area contributed by atoms with Crippen molar-refractivity contribution in [3.05, 3.63) is 35.6 Å². The topological polar surface area (TPSA) is 50.1 Å². The van der Waals surface area contributed by atoms with Crippen LogP contribution in [0, 0.1) is 5.82 Å². The van der Waals surface area contributed by atoms with Crippen LogP contribution in [0.15, 0.2) is 24.3 Å². The number of hydrogen-bond acceptors (Lipinski definition) is 3. The SMILES string of the molecule is NC1NNC(c2ccc(F)cc2)C1Cl. The van der Waals surface area contributed by atoms with E-state index in [0.29, 0.717) is 0 Å². The van der Waals surface area contributed by atoms with E-state index in [1.807, 2.05) is 0 Å². The summed E-state index contributed by atoms with van der Waals surface area (Å²) < 4.78 is 12.7. The molecule has 1 aliphatic heterocycles. The fourth-order valence-electron chi connectivity index (χ4n) is 1.49. The summed E-state index contributed by atoms with van der Waals surface area (Å²) in [5.74, 6) is -0.255. The molecule has 0 aromatic heterocycles. The summed E-state index contributed by atoms with van der Waals surface area (Å²) in [5, 5.41) is -0.236. The van der Waals surface area contributed by atoms with Crippen LogP contribution in [0.4, 0.5) is 4.39 Å². The maximum atomic E-state index is 12.7. The van der Waals surface area contributed by atoms with Crippen LogP contribution in [-0.4, -0.2) is 11.5 Å². The number of nitrogens with one attached hydrogen (secondary N) is 2.